The van der Waals surface area contributed by atoms with Gasteiger partial charge in [-0.1, -0.05) is 63.4 Å². The molecule has 0 aromatic heterocycles. The molecule has 0 radical (unpaired) electrons. The molecule has 2 amide bonds. The zero-order valence-corrected chi connectivity index (χ0v) is 25.9. The first-order valence-corrected chi connectivity index (χ1v) is 16.4. The van der Waals surface area contributed by atoms with Crippen molar-refractivity contribution in [2.24, 2.45) is 17.8 Å². The third-order valence-electron chi connectivity index (χ3n) is 8.79. The van der Waals surface area contributed by atoms with Crippen LogP contribution in [0, 0.1) is 17.8 Å². The molecule has 3 fully saturated rings. The molecule has 1 aromatic rings. The van der Waals surface area contributed by atoms with Crippen molar-refractivity contribution in [1.82, 2.24) is 15.5 Å². The summed E-state index contributed by atoms with van der Waals surface area (Å²) >= 11 is 1.87. The Bertz CT molecular complexity index is 969. The van der Waals surface area contributed by atoms with Gasteiger partial charge in [-0.3, -0.25) is 9.69 Å². The third kappa shape index (κ3) is 8.62. The number of amides is 2. The number of hydrogen-bond donors (Lipinski definition) is 3. The number of fused-ring (bicyclic) bond motifs is 1. The topological polar surface area (TPSA) is 90.9 Å². The number of rotatable bonds is 9. The van der Waals surface area contributed by atoms with Crippen molar-refractivity contribution in [3.63, 3.8) is 0 Å². The Labute approximate surface area is 245 Å². The Balaban J connectivity index is 1.48. The maximum Gasteiger partial charge on any atom is 0.407 e. The van der Waals surface area contributed by atoms with Crippen LogP contribution >= 0.6 is 11.8 Å². The molecule has 40 heavy (non-hydrogen) atoms. The average Bonchev–Trinajstić information content (AvgIpc) is 3.36. The van der Waals surface area contributed by atoms with Crippen LogP contribution in [0.25, 0.3) is 0 Å². The van der Waals surface area contributed by atoms with E-state index in [-0.39, 0.29) is 23.6 Å². The van der Waals surface area contributed by atoms with Gasteiger partial charge < -0.3 is 20.5 Å². The molecule has 3 N–H and O–H groups in total. The zero-order valence-electron chi connectivity index (χ0n) is 25.1. The van der Waals surface area contributed by atoms with Crippen LogP contribution in [0.15, 0.2) is 30.3 Å². The standard InChI is InChI=1S/C32H51N3O4S/c1-21(2)29-28(15-16-40-29)39-31(38)33-25(17-22-11-7-6-8-12-22)27(36)20-35-19-24-14-10-9-13-23(24)18-26(35)30(37)34-32(3,4)5/h6-8,11-12,21,23-29,36H,9-10,13-20H2,1-5H3,(H,33,38)(H,34,37)/t23-,24+,25-,26-,27+,28+,29+/m0/s1. The summed E-state index contributed by atoms with van der Waals surface area (Å²) < 4.78 is 5.92. The van der Waals surface area contributed by atoms with Gasteiger partial charge in [-0.2, -0.15) is 11.8 Å². The van der Waals surface area contributed by atoms with Gasteiger partial charge in [0.25, 0.3) is 0 Å². The molecule has 1 saturated carbocycles. The van der Waals surface area contributed by atoms with Crippen molar-refractivity contribution in [3.8, 4) is 0 Å². The lowest BCUT2D eigenvalue weighted by molar-refractivity contribution is -0.132. The second-order valence-corrected chi connectivity index (χ2v) is 14.9. The first kappa shape index (κ1) is 31.2. The fourth-order valence-electron chi connectivity index (χ4n) is 6.81. The van der Waals surface area contributed by atoms with E-state index in [0.717, 1.165) is 30.7 Å². The molecular weight excluding hydrogens is 522 g/mol. The monoisotopic (exact) mass is 573 g/mol. The van der Waals surface area contributed by atoms with E-state index in [0.29, 0.717) is 36.0 Å². The highest BCUT2D eigenvalue weighted by molar-refractivity contribution is 8.00. The molecule has 1 aromatic carbocycles. The van der Waals surface area contributed by atoms with Crippen LogP contribution < -0.4 is 10.6 Å². The summed E-state index contributed by atoms with van der Waals surface area (Å²) in [5, 5.41) is 18.2. The summed E-state index contributed by atoms with van der Waals surface area (Å²) in [6.45, 7) is 11.5. The van der Waals surface area contributed by atoms with E-state index in [1.807, 2.05) is 62.9 Å². The number of aliphatic hydroxyl groups is 1. The largest absolute Gasteiger partial charge is 0.445 e. The van der Waals surface area contributed by atoms with Crippen molar-refractivity contribution < 1.29 is 19.4 Å². The first-order chi connectivity index (χ1) is 19.0. The van der Waals surface area contributed by atoms with E-state index in [2.05, 4.69) is 29.4 Å². The number of hydrogen-bond acceptors (Lipinski definition) is 6. The summed E-state index contributed by atoms with van der Waals surface area (Å²) in [5.41, 5.74) is 0.717. The van der Waals surface area contributed by atoms with Gasteiger partial charge in [0.15, 0.2) is 0 Å². The maximum absolute atomic E-state index is 13.5. The van der Waals surface area contributed by atoms with Crippen molar-refractivity contribution in [2.45, 2.75) is 115 Å². The molecule has 3 aliphatic rings. The van der Waals surface area contributed by atoms with E-state index < -0.39 is 18.2 Å². The molecule has 2 aliphatic heterocycles. The van der Waals surface area contributed by atoms with Crippen molar-refractivity contribution in [3.05, 3.63) is 35.9 Å². The molecule has 0 unspecified atom stereocenters. The fraction of sp³-hybridized carbons (Fsp3) is 0.750. The normalized spacial score (nSPS) is 28.9. The molecule has 8 heteroatoms. The predicted molar refractivity (Wildman–Crippen MR) is 162 cm³/mol. The smallest absolute Gasteiger partial charge is 0.407 e. The Morgan fingerprint density at radius 3 is 2.48 bits per heavy atom. The number of piperidine rings is 1. The van der Waals surface area contributed by atoms with Gasteiger partial charge in [0, 0.05) is 23.9 Å². The highest BCUT2D eigenvalue weighted by Gasteiger charge is 2.42. The molecule has 0 bridgehead atoms. The van der Waals surface area contributed by atoms with E-state index in [4.69, 9.17) is 4.74 Å². The number of carbonyl (C=O) groups is 2. The van der Waals surface area contributed by atoms with Gasteiger partial charge >= 0.3 is 6.09 Å². The van der Waals surface area contributed by atoms with Gasteiger partial charge in [-0.05, 0) is 75.5 Å². The Hall–Kier alpha value is -1.77. The minimum Gasteiger partial charge on any atom is -0.445 e. The number of carbonyl (C=O) groups excluding carboxylic acids is 2. The molecule has 7 atom stereocenters. The third-order valence-corrected chi connectivity index (χ3v) is 10.5. The lowest BCUT2D eigenvalue weighted by Gasteiger charge is -2.47. The van der Waals surface area contributed by atoms with E-state index in [9.17, 15) is 14.7 Å². The first-order valence-electron chi connectivity index (χ1n) is 15.4. The Morgan fingerprint density at radius 1 is 1.10 bits per heavy atom. The number of ether oxygens (including phenoxy) is 1. The van der Waals surface area contributed by atoms with Gasteiger partial charge in [0.05, 0.1) is 18.2 Å². The molecule has 0 spiro atoms. The van der Waals surface area contributed by atoms with Gasteiger partial charge in [-0.15, -0.1) is 0 Å². The summed E-state index contributed by atoms with van der Waals surface area (Å²) in [4.78, 5) is 28.8. The summed E-state index contributed by atoms with van der Waals surface area (Å²) in [6.07, 6.45) is 5.57. The number of likely N-dealkylation sites (tertiary alicyclic amines) is 1. The van der Waals surface area contributed by atoms with E-state index in [1.165, 1.54) is 25.7 Å². The van der Waals surface area contributed by atoms with E-state index in [1.54, 1.807) is 0 Å². The molecule has 1 aliphatic carbocycles. The van der Waals surface area contributed by atoms with Gasteiger partial charge in [-0.25, -0.2) is 4.79 Å². The lowest BCUT2D eigenvalue weighted by atomic mass is 9.72. The van der Waals surface area contributed by atoms with Crippen LogP contribution in [0.1, 0.15) is 78.7 Å². The van der Waals surface area contributed by atoms with Crippen LogP contribution in [-0.4, -0.2) is 75.9 Å². The summed E-state index contributed by atoms with van der Waals surface area (Å²) in [5.74, 6) is 2.57. The minimum absolute atomic E-state index is 0.0363. The molecule has 224 valence electrons. The minimum atomic E-state index is -0.850. The summed E-state index contributed by atoms with van der Waals surface area (Å²) in [6, 6.07) is 9.14. The molecule has 2 heterocycles. The summed E-state index contributed by atoms with van der Waals surface area (Å²) in [7, 11) is 0. The fourth-order valence-corrected chi connectivity index (χ4v) is 8.24. The molecular formula is C32H51N3O4S. The van der Waals surface area contributed by atoms with E-state index >= 15 is 0 Å². The van der Waals surface area contributed by atoms with Crippen molar-refractivity contribution in [2.75, 3.05) is 18.8 Å². The van der Waals surface area contributed by atoms with Crippen molar-refractivity contribution >= 4 is 23.8 Å². The number of aliphatic hydroxyl groups excluding tert-OH is 1. The number of nitrogens with one attached hydrogen (secondary N) is 2. The zero-order chi connectivity index (χ0) is 28.9. The number of thioether (sulfide) groups is 1. The van der Waals surface area contributed by atoms with Crippen LogP contribution in [0.4, 0.5) is 4.79 Å². The molecule has 4 rings (SSSR count). The lowest BCUT2D eigenvalue weighted by Crippen LogP contribution is -2.60. The number of β-amino-alcohol motifs (C(OH)–C–C–N with tert-alkyl or cyclic N) is 1. The Morgan fingerprint density at radius 2 is 1.80 bits per heavy atom. The second-order valence-electron chi connectivity index (χ2n) is 13.6. The number of nitrogens with zero attached hydrogens (tertiary/aromatic N) is 1. The second kappa shape index (κ2) is 13.9. The average molecular weight is 574 g/mol. The van der Waals surface area contributed by atoms with Crippen LogP contribution in [0.2, 0.25) is 0 Å². The Kier molecular flexibility index (Phi) is 10.9. The predicted octanol–water partition coefficient (Wildman–Crippen LogP) is 5.01. The number of benzene rings is 1. The van der Waals surface area contributed by atoms with Crippen molar-refractivity contribution in [1.29, 1.82) is 0 Å². The van der Waals surface area contributed by atoms with Crippen LogP contribution in [0.3, 0.4) is 0 Å². The SMILES string of the molecule is CC(C)[C@H]1SCC[C@H]1OC(=O)N[C@@H](Cc1ccccc1)[C@H](O)CN1C[C@H]2CCCC[C@H]2C[C@H]1C(=O)NC(C)(C)C. The maximum atomic E-state index is 13.5. The highest BCUT2D eigenvalue weighted by Crippen LogP contribution is 2.39. The highest BCUT2D eigenvalue weighted by atomic mass is 32.2. The molecule has 2 saturated heterocycles. The van der Waals surface area contributed by atoms with Gasteiger partial charge in [0.1, 0.15) is 6.10 Å². The van der Waals surface area contributed by atoms with Crippen LogP contribution in [-0.2, 0) is 16.0 Å². The quantitative estimate of drug-likeness (QED) is 0.385. The molecule has 7 nitrogen and oxygen atoms in total. The van der Waals surface area contributed by atoms with Gasteiger partial charge in [0.2, 0.25) is 5.91 Å². The number of alkyl carbamates (subject to hydrolysis) is 1. The van der Waals surface area contributed by atoms with Crippen LogP contribution in [0.5, 0.6) is 0 Å².